The van der Waals surface area contributed by atoms with Crippen molar-refractivity contribution < 1.29 is 31.9 Å². The maximum absolute atomic E-state index is 14.4. The van der Waals surface area contributed by atoms with Crippen molar-refractivity contribution in [3.05, 3.63) is 41.3 Å². The summed E-state index contributed by atoms with van der Waals surface area (Å²) < 4.78 is 67.2. The van der Waals surface area contributed by atoms with Crippen molar-refractivity contribution in [1.29, 1.82) is 0 Å². The zero-order chi connectivity index (χ0) is 26.4. The summed E-state index contributed by atoms with van der Waals surface area (Å²) in [6.45, 7) is 4.41. The van der Waals surface area contributed by atoms with Crippen molar-refractivity contribution in [2.75, 3.05) is 23.7 Å². The van der Waals surface area contributed by atoms with Crippen LogP contribution in [0.15, 0.2) is 29.9 Å². The van der Waals surface area contributed by atoms with E-state index in [1.54, 1.807) is 5.51 Å². The van der Waals surface area contributed by atoms with Crippen LogP contribution in [0.1, 0.15) is 38.1 Å². The van der Waals surface area contributed by atoms with Crippen molar-refractivity contribution in [2.45, 2.75) is 45.6 Å². The number of halogens is 5. The van der Waals surface area contributed by atoms with E-state index in [0.717, 1.165) is 12.3 Å². The number of fused-ring (bicyclic) bond motifs is 1. The van der Waals surface area contributed by atoms with Gasteiger partial charge in [0.25, 0.3) is 5.91 Å². The molecule has 0 spiro atoms. The van der Waals surface area contributed by atoms with Gasteiger partial charge in [0.05, 0.1) is 44.8 Å². The first-order valence-electron chi connectivity index (χ1n) is 10.6. The SMILES string of the molecule is CC.CC(C)(O)C(F)CNC(=O)c1cnc(Nc2cc3scnc3cc2F)cc1NCC(F)(F)F. The van der Waals surface area contributed by atoms with Gasteiger partial charge in [-0.25, -0.2) is 18.7 Å². The van der Waals surface area contributed by atoms with Crippen molar-refractivity contribution in [3.63, 3.8) is 0 Å². The average molecular weight is 520 g/mol. The second kappa shape index (κ2) is 11.6. The van der Waals surface area contributed by atoms with Crippen LogP contribution < -0.4 is 16.0 Å². The molecule has 1 atom stereocenters. The maximum atomic E-state index is 14.4. The fourth-order valence-electron chi connectivity index (χ4n) is 2.69. The van der Waals surface area contributed by atoms with Gasteiger partial charge in [-0.15, -0.1) is 11.3 Å². The molecule has 0 aliphatic carbocycles. The van der Waals surface area contributed by atoms with Crippen LogP contribution in [0, 0.1) is 5.82 Å². The Morgan fingerprint density at radius 1 is 1.14 bits per heavy atom. The maximum Gasteiger partial charge on any atom is 0.405 e. The lowest BCUT2D eigenvalue weighted by molar-refractivity contribution is -0.115. The fraction of sp³-hybridized carbons (Fsp3) is 0.409. The summed E-state index contributed by atoms with van der Waals surface area (Å²) in [5.41, 5.74) is -0.249. The van der Waals surface area contributed by atoms with Gasteiger partial charge in [0, 0.05) is 18.3 Å². The van der Waals surface area contributed by atoms with Gasteiger partial charge in [-0.05, 0) is 19.9 Å². The number of nitrogens with zero attached hydrogens (tertiary/aromatic N) is 2. The third kappa shape index (κ3) is 7.99. The summed E-state index contributed by atoms with van der Waals surface area (Å²) in [5.74, 6) is -1.58. The van der Waals surface area contributed by atoms with Gasteiger partial charge in [0.1, 0.15) is 24.4 Å². The number of carbonyl (C=O) groups excluding carboxylic acids is 1. The molecular weight excluding hydrogens is 493 g/mol. The number of carbonyl (C=O) groups is 1. The fourth-order valence-corrected chi connectivity index (χ4v) is 3.38. The normalized spacial score (nSPS) is 12.5. The molecule has 4 N–H and O–H groups in total. The standard InChI is InChI=1S/C20H20F5N5O2S.C2H6/c1-19(2,32)16(22)7-27-18(31)10-6-26-17(5-12(10)28-8-20(23,24)25)30-13-4-15-14(3-11(13)21)29-9-33-15;1-2/h3-6,9,16,32H,7-8H2,1-2H3,(H,27,31)(H2,26,28,30);1-2H3. The highest BCUT2D eigenvalue weighted by atomic mass is 32.1. The van der Waals surface area contributed by atoms with Crippen LogP contribution in [0.25, 0.3) is 10.2 Å². The zero-order valence-electron chi connectivity index (χ0n) is 19.4. The lowest BCUT2D eigenvalue weighted by atomic mass is 10.0. The molecule has 0 aliphatic rings. The number of amides is 1. The molecule has 0 radical (unpaired) electrons. The van der Waals surface area contributed by atoms with Crippen molar-refractivity contribution in [2.24, 2.45) is 0 Å². The number of aromatic nitrogens is 2. The molecule has 192 valence electrons. The number of benzene rings is 1. The Kier molecular flexibility index (Phi) is 9.32. The molecule has 1 aromatic carbocycles. The summed E-state index contributed by atoms with van der Waals surface area (Å²) in [6, 6.07) is 3.79. The second-order valence-corrected chi connectivity index (χ2v) is 8.58. The number of hydrogen-bond acceptors (Lipinski definition) is 7. The highest BCUT2D eigenvalue weighted by molar-refractivity contribution is 7.16. The van der Waals surface area contributed by atoms with Crippen LogP contribution in [0.3, 0.4) is 0 Å². The predicted octanol–water partition coefficient (Wildman–Crippen LogP) is 5.41. The van der Waals surface area contributed by atoms with Gasteiger partial charge in [-0.3, -0.25) is 4.79 Å². The van der Waals surface area contributed by atoms with Crippen LogP contribution in [-0.2, 0) is 0 Å². The first-order chi connectivity index (χ1) is 16.3. The Labute approximate surface area is 202 Å². The van der Waals surface area contributed by atoms with Crippen molar-refractivity contribution >= 4 is 44.7 Å². The second-order valence-electron chi connectivity index (χ2n) is 7.69. The van der Waals surface area contributed by atoms with E-state index in [1.807, 2.05) is 13.8 Å². The molecule has 7 nitrogen and oxygen atoms in total. The van der Waals surface area contributed by atoms with Crippen LogP contribution >= 0.6 is 11.3 Å². The number of aliphatic hydroxyl groups is 1. The van der Waals surface area contributed by atoms with E-state index in [4.69, 9.17) is 0 Å². The predicted molar refractivity (Wildman–Crippen MR) is 127 cm³/mol. The van der Waals surface area contributed by atoms with Gasteiger partial charge >= 0.3 is 6.18 Å². The zero-order valence-corrected chi connectivity index (χ0v) is 20.2. The number of alkyl halides is 4. The van der Waals surface area contributed by atoms with E-state index in [2.05, 4.69) is 25.9 Å². The minimum absolute atomic E-state index is 0.0173. The molecule has 0 bridgehead atoms. The number of pyridine rings is 1. The van der Waals surface area contributed by atoms with Gasteiger partial charge in [0.2, 0.25) is 0 Å². The minimum Gasteiger partial charge on any atom is -0.387 e. The third-order valence-corrected chi connectivity index (χ3v) is 5.31. The largest absolute Gasteiger partial charge is 0.405 e. The molecule has 0 saturated carbocycles. The number of rotatable bonds is 8. The summed E-state index contributed by atoms with van der Waals surface area (Å²) >= 11 is 1.27. The summed E-state index contributed by atoms with van der Waals surface area (Å²) in [5, 5.41) is 16.6. The van der Waals surface area contributed by atoms with Gasteiger partial charge < -0.3 is 21.1 Å². The number of thiazole rings is 1. The minimum atomic E-state index is -4.58. The van der Waals surface area contributed by atoms with E-state index in [-0.39, 0.29) is 22.8 Å². The van der Waals surface area contributed by atoms with Crippen molar-refractivity contribution in [1.82, 2.24) is 15.3 Å². The molecular formula is C22H26F5N5O2S. The summed E-state index contributed by atoms with van der Waals surface area (Å²) in [7, 11) is 0. The lowest BCUT2D eigenvalue weighted by Crippen LogP contribution is -2.42. The smallest absolute Gasteiger partial charge is 0.387 e. The van der Waals surface area contributed by atoms with E-state index in [9.17, 15) is 31.9 Å². The Morgan fingerprint density at radius 2 is 1.83 bits per heavy atom. The molecule has 3 rings (SSSR count). The molecule has 2 heterocycles. The molecule has 0 fully saturated rings. The Bertz CT molecular complexity index is 1150. The molecule has 1 amide bonds. The van der Waals surface area contributed by atoms with Crippen LogP contribution in [-0.4, -0.2) is 52.0 Å². The van der Waals surface area contributed by atoms with E-state index < -0.39 is 42.8 Å². The summed E-state index contributed by atoms with van der Waals surface area (Å²) in [4.78, 5) is 20.4. The highest BCUT2D eigenvalue weighted by Gasteiger charge is 2.29. The monoisotopic (exact) mass is 519 g/mol. The molecule has 1 unspecified atom stereocenters. The van der Waals surface area contributed by atoms with E-state index in [0.29, 0.717) is 10.2 Å². The quantitative estimate of drug-likeness (QED) is 0.297. The molecule has 35 heavy (non-hydrogen) atoms. The molecule has 2 aromatic heterocycles. The van der Waals surface area contributed by atoms with Crippen LogP contribution in [0.5, 0.6) is 0 Å². The van der Waals surface area contributed by atoms with Crippen LogP contribution in [0.4, 0.5) is 39.1 Å². The average Bonchev–Trinajstić information content (AvgIpc) is 3.23. The van der Waals surface area contributed by atoms with Crippen LogP contribution in [0.2, 0.25) is 0 Å². The molecule has 0 saturated heterocycles. The summed E-state index contributed by atoms with van der Waals surface area (Å²) in [6.07, 6.45) is -5.41. The number of hydrogen-bond donors (Lipinski definition) is 4. The third-order valence-electron chi connectivity index (χ3n) is 4.52. The number of nitrogens with one attached hydrogen (secondary N) is 3. The van der Waals surface area contributed by atoms with E-state index in [1.165, 1.54) is 37.3 Å². The Balaban J connectivity index is 0.00000210. The first-order valence-corrected chi connectivity index (χ1v) is 11.5. The van der Waals surface area contributed by atoms with Gasteiger partial charge in [-0.1, -0.05) is 13.8 Å². The molecule has 0 aliphatic heterocycles. The molecule has 13 heteroatoms. The first kappa shape index (κ1) is 28.2. The van der Waals surface area contributed by atoms with Gasteiger partial charge in [0.15, 0.2) is 0 Å². The van der Waals surface area contributed by atoms with Gasteiger partial charge in [-0.2, -0.15) is 13.2 Å². The highest BCUT2D eigenvalue weighted by Crippen LogP contribution is 2.29. The Hall–Kier alpha value is -3.06. The lowest BCUT2D eigenvalue weighted by Gasteiger charge is -2.22. The van der Waals surface area contributed by atoms with Crippen molar-refractivity contribution in [3.8, 4) is 0 Å². The van der Waals surface area contributed by atoms with E-state index >= 15 is 0 Å². The Morgan fingerprint density at radius 3 is 2.46 bits per heavy atom. The molecule has 3 aromatic rings. The number of anilines is 3. The topological polar surface area (TPSA) is 99.2 Å².